The van der Waals surface area contributed by atoms with Crippen LogP contribution in [0.3, 0.4) is 0 Å². The predicted molar refractivity (Wildman–Crippen MR) is 117 cm³/mol. The van der Waals surface area contributed by atoms with Crippen molar-refractivity contribution in [3.63, 3.8) is 0 Å². The quantitative estimate of drug-likeness (QED) is 0.169. The van der Waals surface area contributed by atoms with Gasteiger partial charge in [-0.25, -0.2) is 0 Å². The van der Waals surface area contributed by atoms with Crippen LogP contribution in [0.4, 0.5) is 18.9 Å². The summed E-state index contributed by atoms with van der Waals surface area (Å²) in [6.07, 6.45) is -4.63. The number of nitro benzene ring substituents is 1. The van der Waals surface area contributed by atoms with Gasteiger partial charge in [-0.15, -0.1) is 0 Å². The Bertz CT molecular complexity index is 1130. The highest BCUT2D eigenvalue weighted by atomic mass is 35.5. The first kappa shape index (κ1) is 27.7. The summed E-state index contributed by atoms with van der Waals surface area (Å²) in [5.74, 6) is -1.51. The number of carbonyl (C=O) groups is 1. The molecule has 2 N–H and O–H groups in total. The van der Waals surface area contributed by atoms with Crippen molar-refractivity contribution >= 4 is 30.7 Å². The van der Waals surface area contributed by atoms with Gasteiger partial charge in [0, 0.05) is 6.07 Å². The fraction of sp³-hybridized carbons (Fsp3) is 0.350. The summed E-state index contributed by atoms with van der Waals surface area (Å²) in [4.78, 5) is 23.9. The van der Waals surface area contributed by atoms with E-state index >= 15 is 0 Å². The van der Waals surface area contributed by atoms with Crippen LogP contribution in [0.2, 0.25) is 5.02 Å². The number of rotatable bonds is 10. The molecule has 0 bridgehead atoms. The maximum atomic E-state index is 13.2. The normalized spacial score (nSPS) is 13.9. The molecular weight excluding hydrogens is 504 g/mol. The summed E-state index contributed by atoms with van der Waals surface area (Å²) in [5.41, 5.74) is 3.79. The largest absolute Gasteiger partial charge is 0.456 e. The SMILES string of the molecule is CCOP(=O)(OCC)C(C)(N)C(=O)c1cc(Oc2ccc(C(F)(F)F)cc2Cl)ccc1[N+](=O)[O-]. The molecule has 0 aliphatic rings. The first-order valence-corrected chi connectivity index (χ1v) is 11.7. The van der Waals surface area contributed by atoms with Gasteiger partial charge in [0.1, 0.15) is 17.1 Å². The minimum absolute atomic E-state index is 0.116. The Balaban J connectivity index is 2.53. The predicted octanol–water partition coefficient (Wildman–Crippen LogP) is 6.18. The number of ether oxygens (including phenoxy) is 1. The maximum absolute atomic E-state index is 13.2. The van der Waals surface area contributed by atoms with Gasteiger partial charge in [-0.05, 0) is 51.1 Å². The summed E-state index contributed by atoms with van der Waals surface area (Å²) < 4.78 is 67.4. The van der Waals surface area contributed by atoms with Crippen molar-refractivity contribution in [3.8, 4) is 11.5 Å². The van der Waals surface area contributed by atoms with E-state index in [1.54, 1.807) is 0 Å². The van der Waals surface area contributed by atoms with Gasteiger partial charge in [-0.2, -0.15) is 13.2 Å². The Kier molecular flexibility index (Phi) is 8.49. The van der Waals surface area contributed by atoms with Crippen molar-refractivity contribution in [1.29, 1.82) is 0 Å². The Morgan fingerprint density at radius 1 is 1.15 bits per heavy atom. The number of Topliss-reactive ketones (excluding diaryl/α,β-unsaturated/α-hetero) is 1. The third-order valence-electron chi connectivity index (χ3n) is 4.52. The average molecular weight is 525 g/mol. The lowest BCUT2D eigenvalue weighted by molar-refractivity contribution is -0.385. The number of ketones is 1. The Morgan fingerprint density at radius 2 is 1.74 bits per heavy atom. The van der Waals surface area contributed by atoms with Crippen LogP contribution in [0, 0.1) is 10.1 Å². The number of nitrogens with two attached hydrogens (primary N) is 1. The van der Waals surface area contributed by atoms with Crippen LogP contribution in [-0.2, 0) is 19.8 Å². The highest BCUT2D eigenvalue weighted by Gasteiger charge is 2.51. The fourth-order valence-corrected chi connectivity index (χ4v) is 4.73. The van der Waals surface area contributed by atoms with Gasteiger partial charge in [0.05, 0.1) is 28.7 Å². The van der Waals surface area contributed by atoms with Crippen molar-refractivity contribution in [3.05, 3.63) is 62.7 Å². The minimum Gasteiger partial charge on any atom is -0.456 e. The molecule has 0 heterocycles. The van der Waals surface area contributed by atoms with Gasteiger partial charge in [0.25, 0.3) is 5.69 Å². The van der Waals surface area contributed by atoms with Crippen LogP contribution in [0.25, 0.3) is 0 Å². The zero-order valence-electron chi connectivity index (χ0n) is 18.2. The van der Waals surface area contributed by atoms with Crippen LogP contribution >= 0.6 is 19.2 Å². The molecule has 2 aromatic rings. The van der Waals surface area contributed by atoms with E-state index in [2.05, 4.69) is 0 Å². The van der Waals surface area contributed by atoms with Gasteiger partial charge in [-0.1, -0.05) is 11.6 Å². The van der Waals surface area contributed by atoms with E-state index in [0.717, 1.165) is 37.3 Å². The third-order valence-corrected chi connectivity index (χ3v) is 7.36. The van der Waals surface area contributed by atoms with E-state index in [1.165, 1.54) is 13.8 Å². The lowest BCUT2D eigenvalue weighted by Gasteiger charge is -2.31. The molecule has 0 aliphatic heterocycles. The van der Waals surface area contributed by atoms with E-state index in [4.69, 9.17) is 31.1 Å². The molecular formula is C20H21ClF3N2O7P. The Labute approximate surface area is 197 Å². The molecule has 186 valence electrons. The van der Waals surface area contributed by atoms with E-state index in [1.807, 2.05) is 0 Å². The number of hydrogen-bond donors (Lipinski definition) is 1. The number of halogens is 4. The first-order chi connectivity index (χ1) is 15.7. The number of carbonyl (C=O) groups excluding carboxylic acids is 1. The van der Waals surface area contributed by atoms with E-state index in [9.17, 15) is 32.6 Å². The van der Waals surface area contributed by atoms with Crippen molar-refractivity contribution in [2.45, 2.75) is 32.2 Å². The van der Waals surface area contributed by atoms with Gasteiger partial charge in [-0.3, -0.25) is 19.5 Å². The Hall–Kier alpha value is -2.50. The molecule has 0 saturated carbocycles. The van der Waals surface area contributed by atoms with Gasteiger partial charge >= 0.3 is 13.8 Å². The molecule has 34 heavy (non-hydrogen) atoms. The number of nitrogens with zero attached hydrogens (tertiary/aromatic N) is 1. The van der Waals surface area contributed by atoms with E-state index < -0.39 is 46.6 Å². The molecule has 0 saturated heterocycles. The number of nitro groups is 1. The second-order valence-electron chi connectivity index (χ2n) is 6.99. The third kappa shape index (κ3) is 5.76. The maximum Gasteiger partial charge on any atom is 0.416 e. The number of hydrogen-bond acceptors (Lipinski definition) is 8. The molecule has 1 atom stereocenters. The van der Waals surface area contributed by atoms with Crippen LogP contribution in [-0.4, -0.2) is 29.2 Å². The van der Waals surface area contributed by atoms with Crippen LogP contribution < -0.4 is 10.5 Å². The monoisotopic (exact) mass is 524 g/mol. The summed E-state index contributed by atoms with van der Waals surface area (Å²) in [7, 11) is -4.27. The van der Waals surface area contributed by atoms with E-state index in [0.29, 0.717) is 6.07 Å². The second kappa shape index (κ2) is 10.4. The van der Waals surface area contributed by atoms with Gasteiger partial charge < -0.3 is 19.5 Å². The fourth-order valence-electron chi connectivity index (χ4n) is 2.85. The van der Waals surface area contributed by atoms with Crippen LogP contribution in [0.1, 0.15) is 36.7 Å². The molecule has 9 nitrogen and oxygen atoms in total. The molecule has 2 rings (SSSR count). The van der Waals surface area contributed by atoms with E-state index in [-0.39, 0.29) is 29.7 Å². The van der Waals surface area contributed by atoms with Crippen LogP contribution in [0.5, 0.6) is 11.5 Å². The smallest absolute Gasteiger partial charge is 0.416 e. The first-order valence-electron chi connectivity index (χ1n) is 9.73. The molecule has 1 unspecified atom stereocenters. The lowest BCUT2D eigenvalue weighted by Crippen LogP contribution is -2.46. The summed E-state index contributed by atoms with van der Waals surface area (Å²) in [6.45, 7) is 3.82. The van der Waals surface area contributed by atoms with Crippen molar-refractivity contribution in [1.82, 2.24) is 0 Å². The molecule has 0 fully saturated rings. The van der Waals surface area contributed by atoms with Crippen molar-refractivity contribution < 1.29 is 41.2 Å². The molecule has 14 heteroatoms. The van der Waals surface area contributed by atoms with Gasteiger partial charge in [0.2, 0.25) is 5.78 Å². The van der Waals surface area contributed by atoms with Crippen molar-refractivity contribution in [2.24, 2.45) is 5.73 Å². The minimum atomic E-state index is -4.63. The summed E-state index contributed by atoms with van der Waals surface area (Å²) in [6, 6.07) is 5.33. The summed E-state index contributed by atoms with van der Waals surface area (Å²) in [5, 5.41) is 8.82. The molecule has 0 amide bonds. The molecule has 0 radical (unpaired) electrons. The highest BCUT2D eigenvalue weighted by Crippen LogP contribution is 2.58. The standard InChI is InChI=1S/C20H21ClF3N2O7P/c1-4-31-34(30,32-5-2)19(3,25)18(27)14-11-13(7-8-16(14)26(28)29)33-17-9-6-12(10-15(17)21)20(22,23)24/h6-11H,4-5,25H2,1-3H3. The number of alkyl halides is 3. The lowest BCUT2D eigenvalue weighted by atomic mass is 10.0. The molecule has 0 spiro atoms. The zero-order valence-corrected chi connectivity index (χ0v) is 19.9. The molecule has 0 aliphatic carbocycles. The molecule has 0 aromatic heterocycles. The second-order valence-corrected chi connectivity index (χ2v) is 9.84. The topological polar surface area (TPSA) is 131 Å². The van der Waals surface area contributed by atoms with Crippen LogP contribution in [0.15, 0.2) is 36.4 Å². The van der Waals surface area contributed by atoms with Crippen molar-refractivity contribution in [2.75, 3.05) is 13.2 Å². The zero-order chi connectivity index (χ0) is 25.9. The Morgan fingerprint density at radius 3 is 2.21 bits per heavy atom. The summed E-state index contributed by atoms with van der Waals surface area (Å²) >= 11 is 5.88. The average Bonchev–Trinajstić information content (AvgIpc) is 2.73. The van der Waals surface area contributed by atoms with Gasteiger partial charge in [0.15, 0.2) is 5.28 Å². The number of benzene rings is 2. The molecule has 2 aromatic carbocycles. The highest BCUT2D eigenvalue weighted by molar-refractivity contribution is 7.56.